The lowest BCUT2D eigenvalue weighted by Crippen LogP contribution is -2.29. The van der Waals surface area contributed by atoms with Crippen LogP contribution in [-0.2, 0) is 11.3 Å². The first-order chi connectivity index (χ1) is 12.1. The molecule has 0 radical (unpaired) electrons. The average Bonchev–Trinajstić information content (AvgIpc) is 3.11. The summed E-state index contributed by atoms with van der Waals surface area (Å²) < 4.78 is 0. The van der Waals surface area contributed by atoms with Gasteiger partial charge in [-0.2, -0.15) is 0 Å². The van der Waals surface area contributed by atoms with E-state index in [2.05, 4.69) is 29.2 Å². The van der Waals surface area contributed by atoms with Gasteiger partial charge in [0.2, 0.25) is 5.91 Å². The van der Waals surface area contributed by atoms with Gasteiger partial charge in [-0.1, -0.05) is 29.8 Å². The molecule has 0 spiro atoms. The molecule has 128 valence electrons. The minimum absolute atomic E-state index is 0.0383. The highest BCUT2D eigenvalue weighted by Gasteiger charge is 2.20. The van der Waals surface area contributed by atoms with Crippen LogP contribution in [0.3, 0.4) is 0 Å². The molecular weight excluding hydrogens is 332 g/mol. The van der Waals surface area contributed by atoms with Gasteiger partial charge in [-0.3, -0.25) is 4.79 Å². The molecule has 4 heteroatoms. The number of anilines is 2. The summed E-state index contributed by atoms with van der Waals surface area (Å²) in [4.78, 5) is 16.6. The van der Waals surface area contributed by atoms with Crippen LogP contribution in [0.1, 0.15) is 36.5 Å². The molecule has 1 saturated heterocycles. The van der Waals surface area contributed by atoms with Crippen LogP contribution < -0.4 is 9.80 Å². The van der Waals surface area contributed by atoms with Crippen molar-refractivity contribution in [2.75, 3.05) is 22.9 Å². The number of fused-ring (bicyclic) bond motifs is 2. The SMILES string of the molecule is CC(=O)N1Cc2cc(N3CCCC3)ccc2C=Cc2cc(Cl)ccc21. The first kappa shape index (κ1) is 16.2. The molecule has 0 bridgehead atoms. The van der Waals surface area contributed by atoms with Crippen LogP contribution in [0.5, 0.6) is 0 Å². The second-order valence-corrected chi connectivity index (χ2v) is 7.16. The quantitative estimate of drug-likeness (QED) is 0.722. The maximum Gasteiger partial charge on any atom is 0.224 e. The number of hydrogen-bond donors (Lipinski definition) is 0. The van der Waals surface area contributed by atoms with E-state index in [9.17, 15) is 4.79 Å². The monoisotopic (exact) mass is 352 g/mol. The summed E-state index contributed by atoms with van der Waals surface area (Å²) in [5.74, 6) is 0.0383. The van der Waals surface area contributed by atoms with E-state index >= 15 is 0 Å². The molecule has 0 unspecified atom stereocenters. The molecule has 0 N–H and O–H groups in total. The van der Waals surface area contributed by atoms with Crippen molar-refractivity contribution in [1.29, 1.82) is 0 Å². The van der Waals surface area contributed by atoms with Crippen LogP contribution >= 0.6 is 11.6 Å². The summed E-state index contributed by atoms with van der Waals surface area (Å²) in [6.45, 7) is 4.43. The first-order valence-corrected chi connectivity index (χ1v) is 9.13. The maximum absolute atomic E-state index is 12.3. The van der Waals surface area contributed by atoms with Crippen molar-refractivity contribution in [3.05, 3.63) is 58.1 Å². The van der Waals surface area contributed by atoms with Gasteiger partial charge in [0.15, 0.2) is 0 Å². The zero-order chi connectivity index (χ0) is 17.4. The molecular formula is C21H21ClN2O. The Kier molecular flexibility index (Phi) is 4.26. The fourth-order valence-corrected chi connectivity index (χ4v) is 3.86. The molecule has 4 rings (SSSR count). The lowest BCUT2D eigenvalue weighted by atomic mass is 10.00. The third-order valence-corrected chi connectivity index (χ3v) is 5.26. The van der Waals surface area contributed by atoms with Gasteiger partial charge in [-0.05, 0) is 59.9 Å². The highest BCUT2D eigenvalue weighted by Crippen LogP contribution is 2.33. The summed E-state index contributed by atoms with van der Waals surface area (Å²) in [6, 6.07) is 12.3. The summed E-state index contributed by atoms with van der Waals surface area (Å²) in [5.41, 5.74) is 5.46. The van der Waals surface area contributed by atoms with Crippen molar-refractivity contribution in [2.45, 2.75) is 26.3 Å². The maximum atomic E-state index is 12.3. The molecule has 2 aliphatic rings. The summed E-state index contributed by atoms with van der Waals surface area (Å²) in [6.07, 6.45) is 6.68. The van der Waals surface area contributed by atoms with Crippen LogP contribution in [0.25, 0.3) is 12.2 Å². The van der Waals surface area contributed by atoms with Crippen LogP contribution in [0.2, 0.25) is 5.02 Å². The van der Waals surface area contributed by atoms with Crippen LogP contribution in [0, 0.1) is 0 Å². The minimum atomic E-state index is 0.0383. The molecule has 1 fully saturated rings. The molecule has 0 aliphatic carbocycles. The Balaban J connectivity index is 1.80. The zero-order valence-corrected chi connectivity index (χ0v) is 15.1. The van der Waals surface area contributed by atoms with E-state index < -0.39 is 0 Å². The number of amides is 1. The Labute approximate surface area is 153 Å². The molecule has 2 aromatic rings. The van der Waals surface area contributed by atoms with Gasteiger partial charge in [0, 0.05) is 30.7 Å². The fraction of sp³-hybridized carbons (Fsp3) is 0.286. The average molecular weight is 353 g/mol. The van der Waals surface area contributed by atoms with Crippen molar-refractivity contribution in [3.8, 4) is 0 Å². The number of hydrogen-bond acceptors (Lipinski definition) is 2. The fourth-order valence-electron chi connectivity index (χ4n) is 3.68. The Morgan fingerprint density at radius 2 is 1.76 bits per heavy atom. The van der Waals surface area contributed by atoms with Crippen molar-refractivity contribution < 1.29 is 4.79 Å². The largest absolute Gasteiger partial charge is 0.372 e. The van der Waals surface area contributed by atoms with Gasteiger partial charge in [-0.15, -0.1) is 0 Å². The number of nitrogens with zero attached hydrogens (tertiary/aromatic N) is 2. The third-order valence-electron chi connectivity index (χ3n) is 5.03. The van der Waals surface area contributed by atoms with Crippen LogP contribution in [-0.4, -0.2) is 19.0 Å². The van der Waals surface area contributed by atoms with Crippen molar-refractivity contribution in [1.82, 2.24) is 0 Å². The van der Waals surface area contributed by atoms with E-state index in [1.165, 1.54) is 24.1 Å². The van der Waals surface area contributed by atoms with E-state index in [1.807, 2.05) is 29.2 Å². The van der Waals surface area contributed by atoms with Crippen LogP contribution in [0.4, 0.5) is 11.4 Å². The van der Waals surface area contributed by atoms with Crippen molar-refractivity contribution >= 4 is 41.0 Å². The number of carbonyl (C=O) groups is 1. The summed E-state index contributed by atoms with van der Waals surface area (Å²) >= 11 is 6.15. The molecule has 25 heavy (non-hydrogen) atoms. The van der Waals surface area contributed by atoms with Crippen molar-refractivity contribution in [2.24, 2.45) is 0 Å². The number of carbonyl (C=O) groups excluding carboxylic acids is 1. The standard InChI is InChI=1S/C21H21ClN2O/c1-15(25)24-14-18-13-20(23-10-2-3-11-23)8-6-16(18)4-5-17-12-19(22)7-9-21(17)24/h4-9,12-13H,2-3,10-11,14H2,1H3. The van der Waals surface area contributed by atoms with Gasteiger partial charge >= 0.3 is 0 Å². The summed E-state index contributed by atoms with van der Waals surface area (Å²) in [7, 11) is 0. The van der Waals surface area contributed by atoms with E-state index in [0.29, 0.717) is 11.6 Å². The Bertz CT molecular complexity index is 853. The van der Waals surface area contributed by atoms with Crippen LogP contribution in [0.15, 0.2) is 36.4 Å². The number of rotatable bonds is 1. The molecule has 0 saturated carbocycles. The van der Waals surface area contributed by atoms with Gasteiger partial charge < -0.3 is 9.80 Å². The lowest BCUT2D eigenvalue weighted by Gasteiger charge is -2.27. The van der Waals surface area contributed by atoms with E-state index in [4.69, 9.17) is 11.6 Å². The zero-order valence-electron chi connectivity index (χ0n) is 14.3. The van der Waals surface area contributed by atoms with E-state index in [1.54, 1.807) is 6.92 Å². The molecule has 3 nitrogen and oxygen atoms in total. The molecule has 2 heterocycles. The van der Waals surface area contributed by atoms with E-state index in [0.717, 1.165) is 29.9 Å². The van der Waals surface area contributed by atoms with Gasteiger partial charge in [0.1, 0.15) is 0 Å². The molecule has 0 aromatic heterocycles. The minimum Gasteiger partial charge on any atom is -0.372 e. The topological polar surface area (TPSA) is 23.6 Å². The molecule has 2 aliphatic heterocycles. The highest BCUT2D eigenvalue weighted by atomic mass is 35.5. The predicted octanol–water partition coefficient (Wildman–Crippen LogP) is 4.98. The smallest absolute Gasteiger partial charge is 0.224 e. The molecule has 1 amide bonds. The highest BCUT2D eigenvalue weighted by molar-refractivity contribution is 6.30. The number of benzene rings is 2. The predicted molar refractivity (Wildman–Crippen MR) is 105 cm³/mol. The molecule has 2 aromatic carbocycles. The second-order valence-electron chi connectivity index (χ2n) is 6.72. The van der Waals surface area contributed by atoms with E-state index in [-0.39, 0.29) is 5.91 Å². The Morgan fingerprint density at radius 1 is 1.00 bits per heavy atom. The van der Waals surface area contributed by atoms with Gasteiger partial charge in [-0.25, -0.2) is 0 Å². The van der Waals surface area contributed by atoms with Gasteiger partial charge in [0.25, 0.3) is 0 Å². The molecule has 0 atom stereocenters. The number of halogens is 1. The lowest BCUT2D eigenvalue weighted by molar-refractivity contribution is -0.116. The third kappa shape index (κ3) is 3.16. The first-order valence-electron chi connectivity index (χ1n) is 8.75. The second kappa shape index (κ2) is 6.57. The normalized spacial score (nSPS) is 16.2. The van der Waals surface area contributed by atoms with Crippen molar-refractivity contribution in [3.63, 3.8) is 0 Å². The Hall–Kier alpha value is -2.26. The Morgan fingerprint density at radius 3 is 2.52 bits per heavy atom. The summed E-state index contributed by atoms with van der Waals surface area (Å²) in [5, 5.41) is 0.678. The van der Waals surface area contributed by atoms with Gasteiger partial charge in [0.05, 0.1) is 12.2 Å².